The first-order chi connectivity index (χ1) is 9.37. The van der Waals surface area contributed by atoms with Gasteiger partial charge >= 0.3 is 6.36 Å². The zero-order valence-electron chi connectivity index (χ0n) is 10.9. The Balaban J connectivity index is 2.09. The first-order valence-electron chi connectivity index (χ1n) is 6.66. The van der Waals surface area contributed by atoms with E-state index in [0.29, 0.717) is 5.56 Å². The van der Waals surface area contributed by atoms with E-state index < -0.39 is 18.5 Å². The van der Waals surface area contributed by atoms with Gasteiger partial charge in [-0.25, -0.2) is 0 Å². The average Bonchev–Trinajstić information content (AvgIpc) is 2.89. The molecule has 1 aliphatic carbocycles. The second-order valence-corrected chi connectivity index (χ2v) is 5.18. The third-order valence-corrected chi connectivity index (χ3v) is 3.73. The number of hydrogen-bond donors (Lipinski definition) is 2. The lowest BCUT2D eigenvalue weighted by Gasteiger charge is -2.25. The highest BCUT2D eigenvalue weighted by Gasteiger charge is 2.32. The van der Waals surface area contributed by atoms with Crippen molar-refractivity contribution in [2.75, 3.05) is 0 Å². The SMILES string of the molecule is N[C@@H](c1cccc(OC(F)(F)F)c1)[C@H](O)C1CCCC1. The molecule has 112 valence electrons. The Kier molecular flexibility index (Phi) is 4.55. The molecule has 3 nitrogen and oxygen atoms in total. The van der Waals surface area contributed by atoms with E-state index in [4.69, 9.17) is 5.73 Å². The summed E-state index contributed by atoms with van der Waals surface area (Å²) in [5.41, 5.74) is 6.41. The number of nitrogens with two attached hydrogens (primary N) is 1. The molecule has 0 heterocycles. The normalized spacial score (nSPS) is 19.9. The summed E-state index contributed by atoms with van der Waals surface area (Å²) >= 11 is 0. The summed E-state index contributed by atoms with van der Waals surface area (Å²) in [6, 6.07) is 4.79. The Morgan fingerprint density at radius 3 is 2.50 bits per heavy atom. The molecule has 0 aliphatic heterocycles. The molecule has 0 unspecified atom stereocenters. The topological polar surface area (TPSA) is 55.5 Å². The van der Waals surface area contributed by atoms with Crippen LogP contribution in [0.15, 0.2) is 24.3 Å². The van der Waals surface area contributed by atoms with Gasteiger partial charge in [0, 0.05) is 0 Å². The molecule has 0 amide bonds. The smallest absolute Gasteiger partial charge is 0.406 e. The van der Waals surface area contributed by atoms with Gasteiger partial charge in [0.15, 0.2) is 0 Å². The van der Waals surface area contributed by atoms with Crippen molar-refractivity contribution in [3.63, 3.8) is 0 Å². The number of aliphatic hydroxyl groups excluding tert-OH is 1. The predicted octanol–water partition coefficient (Wildman–Crippen LogP) is 3.14. The first kappa shape index (κ1) is 15.1. The summed E-state index contributed by atoms with van der Waals surface area (Å²) in [4.78, 5) is 0. The maximum Gasteiger partial charge on any atom is 0.573 e. The Labute approximate surface area is 115 Å². The third kappa shape index (κ3) is 3.86. The van der Waals surface area contributed by atoms with Crippen molar-refractivity contribution in [1.29, 1.82) is 0 Å². The fourth-order valence-corrected chi connectivity index (χ4v) is 2.71. The lowest BCUT2D eigenvalue weighted by Crippen LogP contribution is -2.32. The number of rotatable bonds is 4. The number of benzene rings is 1. The number of aliphatic hydroxyl groups is 1. The molecule has 2 rings (SSSR count). The maximum atomic E-state index is 12.2. The van der Waals surface area contributed by atoms with Gasteiger partial charge in [0.2, 0.25) is 0 Å². The molecule has 0 saturated heterocycles. The van der Waals surface area contributed by atoms with E-state index in [1.807, 2.05) is 0 Å². The molecule has 0 aromatic heterocycles. The van der Waals surface area contributed by atoms with Crippen molar-refractivity contribution >= 4 is 0 Å². The van der Waals surface area contributed by atoms with Crippen molar-refractivity contribution < 1.29 is 23.0 Å². The standard InChI is InChI=1S/C14H18F3NO2/c15-14(16,17)20-11-7-3-6-10(8-11)12(18)13(19)9-4-1-2-5-9/h3,6-9,12-13,19H,1-2,4-5,18H2/t12-,13+/m0/s1. The molecular weight excluding hydrogens is 271 g/mol. The van der Waals surface area contributed by atoms with Crippen molar-refractivity contribution in [1.82, 2.24) is 0 Å². The van der Waals surface area contributed by atoms with E-state index in [1.165, 1.54) is 18.2 Å². The van der Waals surface area contributed by atoms with Gasteiger partial charge in [-0.1, -0.05) is 25.0 Å². The molecule has 3 N–H and O–H groups in total. The number of ether oxygens (including phenoxy) is 1. The summed E-state index contributed by atoms with van der Waals surface area (Å²) in [5.74, 6) is -0.193. The van der Waals surface area contributed by atoms with Crippen molar-refractivity contribution in [2.24, 2.45) is 11.7 Å². The van der Waals surface area contributed by atoms with Crippen LogP contribution >= 0.6 is 0 Å². The van der Waals surface area contributed by atoms with Gasteiger partial charge in [-0.2, -0.15) is 0 Å². The fraction of sp³-hybridized carbons (Fsp3) is 0.571. The predicted molar refractivity (Wildman–Crippen MR) is 68.0 cm³/mol. The lowest BCUT2D eigenvalue weighted by atomic mass is 9.91. The second kappa shape index (κ2) is 6.01. The molecule has 20 heavy (non-hydrogen) atoms. The average molecular weight is 289 g/mol. The largest absolute Gasteiger partial charge is 0.573 e. The second-order valence-electron chi connectivity index (χ2n) is 5.18. The van der Waals surface area contributed by atoms with Gasteiger partial charge in [0.25, 0.3) is 0 Å². The minimum absolute atomic E-state index is 0.122. The van der Waals surface area contributed by atoms with Crippen molar-refractivity contribution in [2.45, 2.75) is 44.2 Å². The Hall–Kier alpha value is -1.27. The summed E-state index contributed by atoms with van der Waals surface area (Å²) in [6.07, 6.45) is -1.52. The summed E-state index contributed by atoms with van der Waals surface area (Å²) < 4.78 is 40.4. The zero-order chi connectivity index (χ0) is 14.8. The van der Waals surface area contributed by atoms with Crippen LogP contribution in [0.1, 0.15) is 37.3 Å². The van der Waals surface area contributed by atoms with Crippen molar-refractivity contribution in [3.05, 3.63) is 29.8 Å². The van der Waals surface area contributed by atoms with Gasteiger partial charge in [-0.3, -0.25) is 0 Å². The van der Waals surface area contributed by atoms with Crippen LogP contribution in [0.3, 0.4) is 0 Å². The van der Waals surface area contributed by atoms with Crippen molar-refractivity contribution in [3.8, 4) is 5.75 Å². The van der Waals surface area contributed by atoms with E-state index in [2.05, 4.69) is 4.74 Å². The molecule has 1 aliphatic rings. The van der Waals surface area contributed by atoms with E-state index in [1.54, 1.807) is 6.07 Å². The molecule has 1 saturated carbocycles. The molecule has 1 fully saturated rings. The highest BCUT2D eigenvalue weighted by atomic mass is 19.4. The number of alkyl halides is 3. The van der Waals surface area contributed by atoms with Gasteiger partial charge in [-0.05, 0) is 36.5 Å². The van der Waals surface area contributed by atoms with Gasteiger partial charge < -0.3 is 15.6 Å². The highest BCUT2D eigenvalue weighted by Crippen LogP contribution is 2.33. The molecule has 0 spiro atoms. The summed E-state index contributed by atoms with van der Waals surface area (Å²) in [6.45, 7) is 0. The van der Waals surface area contributed by atoms with Crippen LogP contribution in [-0.4, -0.2) is 17.6 Å². The molecule has 0 bridgehead atoms. The highest BCUT2D eigenvalue weighted by molar-refractivity contribution is 5.31. The molecule has 0 radical (unpaired) electrons. The van der Waals surface area contributed by atoms with Crippen LogP contribution in [0.5, 0.6) is 5.75 Å². The Bertz CT molecular complexity index is 444. The molecule has 6 heteroatoms. The van der Waals surface area contributed by atoms with Crippen LogP contribution < -0.4 is 10.5 Å². The summed E-state index contributed by atoms with van der Waals surface area (Å²) in [7, 11) is 0. The monoisotopic (exact) mass is 289 g/mol. The quantitative estimate of drug-likeness (QED) is 0.895. The van der Waals surface area contributed by atoms with Gasteiger partial charge in [-0.15, -0.1) is 13.2 Å². The van der Waals surface area contributed by atoms with Gasteiger partial charge in [0.1, 0.15) is 5.75 Å². The number of hydrogen-bond acceptors (Lipinski definition) is 3. The van der Waals surface area contributed by atoms with Crippen LogP contribution in [0.2, 0.25) is 0 Å². The minimum atomic E-state index is -4.73. The molecule has 1 aromatic rings. The zero-order valence-corrected chi connectivity index (χ0v) is 10.9. The molecule has 2 atom stereocenters. The fourth-order valence-electron chi connectivity index (χ4n) is 2.71. The first-order valence-corrected chi connectivity index (χ1v) is 6.66. The van der Waals surface area contributed by atoms with E-state index in [9.17, 15) is 18.3 Å². The molecule has 1 aromatic carbocycles. The number of halogens is 3. The van der Waals surface area contributed by atoms with Gasteiger partial charge in [0.05, 0.1) is 12.1 Å². The lowest BCUT2D eigenvalue weighted by molar-refractivity contribution is -0.274. The van der Waals surface area contributed by atoms with Crippen LogP contribution in [0.4, 0.5) is 13.2 Å². The van der Waals surface area contributed by atoms with E-state index >= 15 is 0 Å². The van der Waals surface area contributed by atoms with Crippen LogP contribution in [0.25, 0.3) is 0 Å². The van der Waals surface area contributed by atoms with E-state index in [-0.39, 0.29) is 11.7 Å². The molecular formula is C14H18F3NO2. The third-order valence-electron chi connectivity index (χ3n) is 3.73. The summed E-state index contributed by atoms with van der Waals surface area (Å²) in [5, 5.41) is 10.2. The Morgan fingerprint density at radius 2 is 1.90 bits per heavy atom. The Morgan fingerprint density at radius 1 is 1.25 bits per heavy atom. The minimum Gasteiger partial charge on any atom is -0.406 e. The maximum absolute atomic E-state index is 12.2. The van der Waals surface area contributed by atoms with E-state index in [0.717, 1.165) is 25.7 Å². The van der Waals surface area contributed by atoms with Crippen LogP contribution in [0, 0.1) is 5.92 Å². The van der Waals surface area contributed by atoms with Crippen LogP contribution in [-0.2, 0) is 0 Å².